The normalized spacial score (nSPS) is 18.8. The van der Waals surface area contributed by atoms with Gasteiger partial charge in [-0.1, -0.05) is 25.3 Å². The van der Waals surface area contributed by atoms with Crippen molar-refractivity contribution in [2.75, 3.05) is 7.11 Å². The van der Waals surface area contributed by atoms with E-state index in [-0.39, 0.29) is 23.8 Å². The van der Waals surface area contributed by atoms with Crippen molar-refractivity contribution in [2.24, 2.45) is 0 Å². The molecule has 0 bridgehead atoms. The van der Waals surface area contributed by atoms with Gasteiger partial charge in [-0.15, -0.1) is 0 Å². The highest BCUT2D eigenvalue weighted by Gasteiger charge is 2.53. The smallest absolute Gasteiger partial charge is 0.464 e. The van der Waals surface area contributed by atoms with Crippen LogP contribution in [0.15, 0.2) is 42.8 Å². The molecular weight excluding hydrogens is 387 g/mol. The van der Waals surface area contributed by atoms with Crippen LogP contribution in [-0.4, -0.2) is 48.1 Å². The number of rotatable bonds is 5. The molecule has 1 aromatic carbocycles. The van der Waals surface area contributed by atoms with E-state index in [1.54, 1.807) is 12.1 Å². The molecule has 1 saturated heterocycles. The molecule has 0 spiro atoms. The van der Waals surface area contributed by atoms with E-state index in [1.165, 1.54) is 12.0 Å². The molecule has 2 aliphatic heterocycles. The number of hydrogen-bond acceptors (Lipinski definition) is 6. The maximum absolute atomic E-state index is 12.9. The van der Waals surface area contributed by atoms with Crippen molar-refractivity contribution in [3.05, 3.63) is 53.9 Å². The monoisotopic (exact) mass is 412 g/mol. The Morgan fingerprint density at radius 1 is 1.17 bits per heavy atom. The molecular formula is C21H25BN2O6. The molecule has 0 aromatic heterocycles. The number of nitrogens with one attached hydrogen (secondary N) is 1. The third-order valence-corrected chi connectivity index (χ3v) is 5.80. The summed E-state index contributed by atoms with van der Waals surface area (Å²) in [6, 6.07) is 5.28. The Hall–Kier alpha value is -2.91. The SMILES string of the molecule is C=C(NC(=O)C(=C)N1Cc2c(B3OC(C)(C)C(C)(C)O3)cccc2C1=O)C(=O)OC. The molecule has 158 valence electrons. The summed E-state index contributed by atoms with van der Waals surface area (Å²) in [6.07, 6.45) is 0. The van der Waals surface area contributed by atoms with Gasteiger partial charge < -0.3 is 19.4 Å². The highest BCUT2D eigenvalue weighted by molar-refractivity contribution is 6.63. The number of amides is 2. The number of carbonyl (C=O) groups excluding carboxylic acids is 3. The van der Waals surface area contributed by atoms with E-state index in [1.807, 2.05) is 33.8 Å². The Morgan fingerprint density at radius 2 is 1.77 bits per heavy atom. The first-order valence-corrected chi connectivity index (χ1v) is 9.46. The van der Waals surface area contributed by atoms with E-state index in [9.17, 15) is 14.4 Å². The van der Waals surface area contributed by atoms with E-state index in [0.717, 1.165) is 5.46 Å². The molecule has 8 nitrogen and oxygen atoms in total. The molecule has 1 fully saturated rings. The second-order valence-corrected chi connectivity index (χ2v) is 8.22. The number of ether oxygens (including phenoxy) is 1. The highest BCUT2D eigenvalue weighted by atomic mass is 16.7. The zero-order chi connectivity index (χ0) is 22.4. The van der Waals surface area contributed by atoms with Gasteiger partial charge in [0.15, 0.2) is 0 Å². The lowest BCUT2D eigenvalue weighted by Gasteiger charge is -2.32. The molecule has 0 unspecified atom stereocenters. The van der Waals surface area contributed by atoms with Gasteiger partial charge in [0, 0.05) is 5.56 Å². The van der Waals surface area contributed by atoms with Crippen molar-refractivity contribution >= 4 is 30.4 Å². The van der Waals surface area contributed by atoms with Crippen LogP contribution in [0.3, 0.4) is 0 Å². The largest absolute Gasteiger partial charge is 0.495 e. The molecule has 2 amide bonds. The van der Waals surface area contributed by atoms with Gasteiger partial charge in [0.05, 0.1) is 24.9 Å². The minimum absolute atomic E-state index is 0.110. The van der Waals surface area contributed by atoms with E-state index in [4.69, 9.17) is 9.31 Å². The van der Waals surface area contributed by atoms with Gasteiger partial charge in [-0.2, -0.15) is 0 Å². The Kier molecular flexibility index (Phi) is 5.38. The second kappa shape index (κ2) is 7.41. The van der Waals surface area contributed by atoms with Crippen LogP contribution in [0.4, 0.5) is 0 Å². The number of carbonyl (C=O) groups is 3. The quantitative estimate of drug-likeness (QED) is 0.445. The van der Waals surface area contributed by atoms with Crippen molar-refractivity contribution in [3.8, 4) is 0 Å². The van der Waals surface area contributed by atoms with Crippen molar-refractivity contribution in [3.63, 3.8) is 0 Å². The molecule has 0 radical (unpaired) electrons. The third kappa shape index (κ3) is 3.55. The first-order valence-electron chi connectivity index (χ1n) is 9.46. The maximum atomic E-state index is 12.9. The zero-order valence-corrected chi connectivity index (χ0v) is 17.8. The summed E-state index contributed by atoms with van der Waals surface area (Å²) in [7, 11) is 0.533. The number of hydrogen-bond donors (Lipinski definition) is 1. The Bertz CT molecular complexity index is 952. The van der Waals surface area contributed by atoms with Gasteiger partial charge >= 0.3 is 13.1 Å². The van der Waals surface area contributed by atoms with Crippen LogP contribution in [0.1, 0.15) is 43.6 Å². The summed E-state index contributed by atoms with van der Waals surface area (Å²) in [4.78, 5) is 38.1. The molecule has 9 heteroatoms. The number of esters is 1. The average molecular weight is 412 g/mol. The standard InChI is InChI=1S/C21H25BN2O6/c1-12(19(27)28-7)23-17(25)13(2)24-11-15-14(18(24)26)9-8-10-16(15)22-29-20(3,4)21(5,6)30-22/h8-10H,1-2,11H2,3-7H3,(H,23,25). The predicted octanol–water partition coefficient (Wildman–Crippen LogP) is 1.26. The predicted molar refractivity (Wildman–Crippen MR) is 110 cm³/mol. The first-order chi connectivity index (χ1) is 13.9. The van der Waals surface area contributed by atoms with Crippen molar-refractivity contribution in [1.82, 2.24) is 10.2 Å². The summed E-state index contributed by atoms with van der Waals surface area (Å²) in [6.45, 7) is 15.1. The van der Waals surface area contributed by atoms with Crippen molar-refractivity contribution < 1.29 is 28.4 Å². The van der Waals surface area contributed by atoms with Crippen LogP contribution in [0, 0.1) is 0 Å². The number of nitrogens with zero attached hydrogens (tertiary/aromatic N) is 1. The van der Waals surface area contributed by atoms with Gasteiger partial charge in [0.2, 0.25) is 0 Å². The van der Waals surface area contributed by atoms with E-state index in [0.29, 0.717) is 11.1 Å². The van der Waals surface area contributed by atoms with Crippen LogP contribution in [0.5, 0.6) is 0 Å². The lowest BCUT2D eigenvalue weighted by atomic mass is 9.75. The second-order valence-electron chi connectivity index (χ2n) is 8.22. The lowest BCUT2D eigenvalue weighted by molar-refractivity contribution is -0.137. The fraction of sp³-hybridized carbons (Fsp3) is 0.381. The summed E-state index contributed by atoms with van der Waals surface area (Å²) >= 11 is 0. The summed E-state index contributed by atoms with van der Waals surface area (Å²) in [5.74, 6) is -1.87. The van der Waals surface area contributed by atoms with Gasteiger partial charge in [0.1, 0.15) is 11.4 Å². The fourth-order valence-corrected chi connectivity index (χ4v) is 3.27. The van der Waals surface area contributed by atoms with Gasteiger partial charge in [-0.3, -0.25) is 14.5 Å². The van der Waals surface area contributed by atoms with Crippen LogP contribution < -0.4 is 10.8 Å². The molecule has 30 heavy (non-hydrogen) atoms. The maximum Gasteiger partial charge on any atom is 0.495 e. The van der Waals surface area contributed by atoms with Crippen LogP contribution in [-0.2, 0) is 30.2 Å². The van der Waals surface area contributed by atoms with Crippen LogP contribution in [0.2, 0.25) is 0 Å². The van der Waals surface area contributed by atoms with Gasteiger partial charge in [-0.05, 0) is 44.8 Å². The summed E-state index contributed by atoms with van der Waals surface area (Å²) in [5.41, 5.74) is 0.478. The van der Waals surface area contributed by atoms with Gasteiger partial charge in [-0.25, -0.2) is 4.79 Å². The molecule has 2 heterocycles. The Morgan fingerprint density at radius 3 is 2.33 bits per heavy atom. The fourth-order valence-electron chi connectivity index (χ4n) is 3.27. The number of fused-ring (bicyclic) bond motifs is 1. The Balaban J connectivity index is 1.83. The molecule has 1 aromatic rings. The van der Waals surface area contributed by atoms with E-state index in [2.05, 4.69) is 23.2 Å². The van der Waals surface area contributed by atoms with Crippen molar-refractivity contribution in [2.45, 2.75) is 45.4 Å². The van der Waals surface area contributed by atoms with Crippen molar-refractivity contribution in [1.29, 1.82) is 0 Å². The Labute approximate surface area is 176 Å². The third-order valence-electron chi connectivity index (χ3n) is 5.80. The first kappa shape index (κ1) is 21.8. The van der Waals surface area contributed by atoms with Crippen LogP contribution >= 0.6 is 0 Å². The highest BCUT2D eigenvalue weighted by Crippen LogP contribution is 2.37. The number of methoxy groups -OCH3 is 1. The number of benzene rings is 1. The molecule has 0 aliphatic carbocycles. The zero-order valence-electron chi connectivity index (χ0n) is 17.8. The molecule has 1 N–H and O–H groups in total. The lowest BCUT2D eigenvalue weighted by Crippen LogP contribution is -2.41. The van der Waals surface area contributed by atoms with E-state index < -0.39 is 30.2 Å². The van der Waals surface area contributed by atoms with E-state index >= 15 is 0 Å². The molecule has 2 aliphatic rings. The average Bonchev–Trinajstić information content (AvgIpc) is 3.12. The van der Waals surface area contributed by atoms with Crippen LogP contribution in [0.25, 0.3) is 0 Å². The minimum atomic E-state index is -0.782. The van der Waals surface area contributed by atoms with Gasteiger partial charge in [0.25, 0.3) is 11.8 Å². The summed E-state index contributed by atoms with van der Waals surface area (Å²) < 4.78 is 16.8. The summed E-state index contributed by atoms with van der Waals surface area (Å²) in [5, 5.41) is 2.30. The molecule has 0 saturated carbocycles. The minimum Gasteiger partial charge on any atom is -0.464 e. The molecule has 0 atom stereocenters. The molecule has 3 rings (SSSR count). The topological polar surface area (TPSA) is 94.2 Å².